The molecule has 0 aliphatic carbocycles. The Morgan fingerprint density at radius 2 is 1.55 bits per heavy atom. The van der Waals surface area contributed by atoms with Crippen LogP contribution in [0.5, 0.6) is 5.75 Å². The molecule has 0 unspecified atom stereocenters. The van der Waals surface area contributed by atoms with Crippen LogP contribution in [-0.4, -0.2) is 27.2 Å². The lowest BCUT2D eigenvalue weighted by atomic mass is 10.1. The molecule has 0 aliphatic heterocycles. The first-order valence-corrected chi connectivity index (χ1v) is 11.8. The standard InChI is InChI=1S/C24H26N2O4S/c1-3-30-21-15-13-19(14-16-21)17-25-24(27)22-11-7-8-12-23(22)26(31(2,28)29)18-20-9-5-4-6-10-20/h4-16H,3,17-18H2,1-2H3,(H,25,27). The van der Waals surface area contributed by atoms with Crippen LogP contribution in [0, 0.1) is 0 Å². The van der Waals surface area contributed by atoms with E-state index in [1.807, 2.05) is 61.5 Å². The van der Waals surface area contributed by atoms with E-state index >= 15 is 0 Å². The molecule has 6 nitrogen and oxygen atoms in total. The Hall–Kier alpha value is -3.32. The molecule has 0 aromatic heterocycles. The average molecular weight is 439 g/mol. The molecule has 0 saturated carbocycles. The lowest BCUT2D eigenvalue weighted by Crippen LogP contribution is -2.32. The van der Waals surface area contributed by atoms with Crippen molar-refractivity contribution in [3.05, 3.63) is 95.6 Å². The maximum Gasteiger partial charge on any atom is 0.253 e. The molecule has 0 aliphatic rings. The molecule has 162 valence electrons. The van der Waals surface area contributed by atoms with Crippen molar-refractivity contribution in [2.45, 2.75) is 20.0 Å². The fraction of sp³-hybridized carbons (Fsp3) is 0.208. The van der Waals surface area contributed by atoms with Crippen LogP contribution in [0.25, 0.3) is 0 Å². The van der Waals surface area contributed by atoms with E-state index in [0.717, 1.165) is 23.1 Å². The zero-order chi connectivity index (χ0) is 22.3. The van der Waals surface area contributed by atoms with Crippen LogP contribution in [0.1, 0.15) is 28.4 Å². The Labute approximate surface area is 183 Å². The van der Waals surface area contributed by atoms with Crippen molar-refractivity contribution < 1.29 is 17.9 Å². The Morgan fingerprint density at radius 3 is 2.19 bits per heavy atom. The minimum Gasteiger partial charge on any atom is -0.494 e. The van der Waals surface area contributed by atoms with Crippen molar-refractivity contribution in [2.75, 3.05) is 17.2 Å². The number of hydrogen-bond acceptors (Lipinski definition) is 4. The second kappa shape index (κ2) is 10.1. The average Bonchev–Trinajstić information content (AvgIpc) is 2.77. The van der Waals surface area contributed by atoms with Gasteiger partial charge < -0.3 is 10.1 Å². The molecule has 3 aromatic carbocycles. The SMILES string of the molecule is CCOc1ccc(CNC(=O)c2ccccc2N(Cc2ccccc2)S(C)(=O)=O)cc1. The largest absolute Gasteiger partial charge is 0.494 e. The molecule has 0 atom stereocenters. The molecule has 1 N–H and O–H groups in total. The minimum absolute atomic E-state index is 0.142. The summed E-state index contributed by atoms with van der Waals surface area (Å²) in [6.45, 7) is 2.97. The number of amides is 1. The zero-order valence-corrected chi connectivity index (χ0v) is 18.4. The summed E-state index contributed by atoms with van der Waals surface area (Å²) >= 11 is 0. The third-order valence-corrected chi connectivity index (χ3v) is 5.80. The van der Waals surface area contributed by atoms with Crippen molar-refractivity contribution >= 4 is 21.6 Å². The van der Waals surface area contributed by atoms with Gasteiger partial charge in [0.1, 0.15) is 5.75 Å². The number of carbonyl (C=O) groups excluding carboxylic acids is 1. The van der Waals surface area contributed by atoms with Crippen LogP contribution in [-0.2, 0) is 23.1 Å². The van der Waals surface area contributed by atoms with Gasteiger partial charge >= 0.3 is 0 Å². The van der Waals surface area contributed by atoms with Crippen molar-refractivity contribution in [1.29, 1.82) is 0 Å². The lowest BCUT2D eigenvalue weighted by molar-refractivity contribution is 0.0951. The van der Waals surface area contributed by atoms with E-state index in [2.05, 4.69) is 5.32 Å². The zero-order valence-electron chi connectivity index (χ0n) is 17.6. The lowest BCUT2D eigenvalue weighted by Gasteiger charge is -2.24. The van der Waals surface area contributed by atoms with Gasteiger partial charge in [0.2, 0.25) is 10.0 Å². The Balaban J connectivity index is 1.81. The second-order valence-electron chi connectivity index (χ2n) is 7.03. The summed E-state index contributed by atoms with van der Waals surface area (Å²) in [5, 5.41) is 2.88. The molecule has 0 fully saturated rings. The van der Waals surface area contributed by atoms with Crippen LogP contribution in [0.2, 0.25) is 0 Å². The molecular weight excluding hydrogens is 412 g/mol. The van der Waals surface area contributed by atoms with Gasteiger partial charge in [0, 0.05) is 6.54 Å². The van der Waals surface area contributed by atoms with E-state index in [0.29, 0.717) is 24.4 Å². The predicted octanol–water partition coefficient (Wildman–Crippen LogP) is 3.98. The first kappa shape index (κ1) is 22.4. The summed E-state index contributed by atoms with van der Waals surface area (Å²) in [6.07, 6.45) is 1.14. The third kappa shape index (κ3) is 6.08. The maximum absolute atomic E-state index is 12.9. The van der Waals surface area contributed by atoms with E-state index in [4.69, 9.17) is 4.74 Å². The van der Waals surface area contributed by atoms with E-state index in [1.54, 1.807) is 24.3 Å². The van der Waals surface area contributed by atoms with Crippen LogP contribution < -0.4 is 14.4 Å². The van der Waals surface area contributed by atoms with Gasteiger partial charge in [-0.3, -0.25) is 9.10 Å². The molecule has 3 rings (SSSR count). The highest BCUT2D eigenvalue weighted by molar-refractivity contribution is 7.92. The summed E-state index contributed by atoms with van der Waals surface area (Å²) < 4.78 is 31.8. The first-order chi connectivity index (χ1) is 14.9. The molecule has 0 spiro atoms. The highest BCUT2D eigenvalue weighted by Gasteiger charge is 2.23. The van der Waals surface area contributed by atoms with Gasteiger partial charge in [-0.2, -0.15) is 0 Å². The molecule has 1 amide bonds. The summed E-state index contributed by atoms with van der Waals surface area (Å²) in [6, 6.07) is 23.5. The third-order valence-electron chi connectivity index (χ3n) is 4.67. The monoisotopic (exact) mass is 438 g/mol. The van der Waals surface area contributed by atoms with Crippen LogP contribution in [0.15, 0.2) is 78.9 Å². The van der Waals surface area contributed by atoms with E-state index < -0.39 is 10.0 Å². The molecule has 7 heteroatoms. The van der Waals surface area contributed by atoms with Crippen LogP contribution >= 0.6 is 0 Å². The van der Waals surface area contributed by atoms with Crippen LogP contribution in [0.4, 0.5) is 5.69 Å². The van der Waals surface area contributed by atoms with Crippen LogP contribution in [0.3, 0.4) is 0 Å². The normalized spacial score (nSPS) is 11.0. The Kier molecular flexibility index (Phi) is 7.31. The van der Waals surface area contributed by atoms with Crippen molar-refractivity contribution in [3.63, 3.8) is 0 Å². The van der Waals surface area contributed by atoms with Gasteiger partial charge in [0.25, 0.3) is 5.91 Å². The predicted molar refractivity (Wildman–Crippen MR) is 123 cm³/mol. The number of hydrogen-bond donors (Lipinski definition) is 1. The number of nitrogens with zero attached hydrogens (tertiary/aromatic N) is 1. The molecular formula is C24H26N2O4S. The smallest absolute Gasteiger partial charge is 0.253 e. The highest BCUT2D eigenvalue weighted by atomic mass is 32.2. The van der Waals surface area contributed by atoms with E-state index in [-0.39, 0.29) is 12.5 Å². The van der Waals surface area contributed by atoms with Gasteiger partial charge in [-0.25, -0.2) is 8.42 Å². The number of rotatable bonds is 9. The van der Waals surface area contributed by atoms with Crippen molar-refractivity contribution in [1.82, 2.24) is 5.32 Å². The molecule has 31 heavy (non-hydrogen) atoms. The minimum atomic E-state index is -3.61. The molecule has 0 radical (unpaired) electrons. The maximum atomic E-state index is 12.9. The number of sulfonamides is 1. The number of para-hydroxylation sites is 1. The van der Waals surface area contributed by atoms with Crippen molar-refractivity contribution in [3.8, 4) is 5.75 Å². The summed E-state index contributed by atoms with van der Waals surface area (Å²) in [5.74, 6) is 0.429. The fourth-order valence-corrected chi connectivity index (χ4v) is 4.06. The Bertz CT molecular complexity index is 1110. The summed E-state index contributed by atoms with van der Waals surface area (Å²) in [7, 11) is -3.61. The number of benzene rings is 3. The molecule has 0 saturated heterocycles. The van der Waals surface area contributed by atoms with Gasteiger partial charge in [-0.05, 0) is 42.3 Å². The number of anilines is 1. The van der Waals surface area contributed by atoms with E-state index in [9.17, 15) is 13.2 Å². The summed E-state index contributed by atoms with van der Waals surface area (Å²) in [4.78, 5) is 12.9. The van der Waals surface area contributed by atoms with Gasteiger partial charge in [0.05, 0.1) is 30.7 Å². The van der Waals surface area contributed by atoms with Crippen molar-refractivity contribution in [2.24, 2.45) is 0 Å². The number of ether oxygens (including phenoxy) is 1. The topological polar surface area (TPSA) is 75.7 Å². The molecule has 0 bridgehead atoms. The second-order valence-corrected chi connectivity index (χ2v) is 8.94. The Morgan fingerprint density at radius 1 is 0.903 bits per heavy atom. The fourth-order valence-electron chi connectivity index (χ4n) is 3.16. The van der Waals surface area contributed by atoms with Gasteiger partial charge in [-0.15, -0.1) is 0 Å². The van der Waals surface area contributed by atoms with Gasteiger partial charge in [-0.1, -0.05) is 54.6 Å². The number of carbonyl (C=O) groups is 1. The first-order valence-electron chi connectivity index (χ1n) is 9.99. The highest BCUT2D eigenvalue weighted by Crippen LogP contribution is 2.25. The molecule has 0 heterocycles. The van der Waals surface area contributed by atoms with Gasteiger partial charge in [0.15, 0.2) is 0 Å². The summed E-state index contributed by atoms with van der Waals surface area (Å²) in [5.41, 5.74) is 2.39. The molecule has 3 aromatic rings. The quantitative estimate of drug-likeness (QED) is 0.548. The van der Waals surface area contributed by atoms with E-state index in [1.165, 1.54) is 4.31 Å². The number of nitrogens with one attached hydrogen (secondary N) is 1.